The quantitative estimate of drug-likeness (QED) is 0.245. The zero-order chi connectivity index (χ0) is 10.6. The molecule has 0 heterocycles. The molecular weight excluding hydrogens is 172 g/mol. The highest BCUT2D eigenvalue weighted by Gasteiger charge is 2.02. The monoisotopic (exact) mass is 198 g/mol. The molecule has 2 nitrogen and oxygen atoms in total. The van der Waals surface area contributed by atoms with Crippen molar-refractivity contribution in [3.8, 4) is 0 Å². The highest BCUT2D eigenvalue weighted by molar-refractivity contribution is 4.76. The van der Waals surface area contributed by atoms with Crippen molar-refractivity contribution in [1.82, 2.24) is 5.43 Å². The van der Waals surface area contributed by atoms with Crippen LogP contribution in [0.5, 0.6) is 0 Å². The van der Waals surface area contributed by atoms with Crippen molar-refractivity contribution < 1.29 is 0 Å². The van der Waals surface area contributed by atoms with Crippen molar-refractivity contribution in [1.29, 1.82) is 0 Å². The van der Waals surface area contributed by atoms with E-state index >= 15 is 0 Å². The predicted octanol–water partition coefficient (Wildman–Crippen LogP) is 3.15. The third kappa shape index (κ3) is 8.27. The van der Waals surface area contributed by atoms with Gasteiger partial charge in [0.05, 0.1) is 0 Å². The SMILES string of the molecule is C=CCC(CCCCCCCC)NN. The van der Waals surface area contributed by atoms with Gasteiger partial charge in [-0.15, -0.1) is 6.58 Å². The van der Waals surface area contributed by atoms with Crippen LogP contribution in [0.25, 0.3) is 0 Å². The number of nitrogens with two attached hydrogens (primary N) is 1. The summed E-state index contributed by atoms with van der Waals surface area (Å²) in [6.07, 6.45) is 12.2. The molecule has 0 aliphatic rings. The molecule has 0 rings (SSSR count). The van der Waals surface area contributed by atoms with Crippen molar-refractivity contribution in [2.75, 3.05) is 0 Å². The smallest absolute Gasteiger partial charge is 0.0244 e. The fourth-order valence-electron chi connectivity index (χ4n) is 1.64. The molecule has 0 aliphatic carbocycles. The van der Waals surface area contributed by atoms with Crippen molar-refractivity contribution >= 4 is 0 Å². The molecule has 0 aromatic rings. The number of hydrazine groups is 1. The minimum Gasteiger partial charge on any atom is -0.271 e. The van der Waals surface area contributed by atoms with Crippen LogP contribution in [-0.2, 0) is 0 Å². The van der Waals surface area contributed by atoms with Crippen molar-refractivity contribution in [2.24, 2.45) is 5.84 Å². The third-order valence-corrected chi connectivity index (χ3v) is 2.59. The van der Waals surface area contributed by atoms with E-state index in [1.807, 2.05) is 6.08 Å². The van der Waals surface area contributed by atoms with Gasteiger partial charge in [-0.3, -0.25) is 11.3 Å². The minimum absolute atomic E-state index is 0.429. The second kappa shape index (κ2) is 10.7. The predicted molar refractivity (Wildman–Crippen MR) is 63.9 cm³/mol. The fraction of sp³-hybridized carbons (Fsp3) is 0.833. The van der Waals surface area contributed by atoms with Crippen LogP contribution in [-0.4, -0.2) is 6.04 Å². The second-order valence-electron chi connectivity index (χ2n) is 3.94. The third-order valence-electron chi connectivity index (χ3n) is 2.59. The first-order chi connectivity index (χ1) is 6.85. The van der Waals surface area contributed by atoms with Gasteiger partial charge < -0.3 is 0 Å². The van der Waals surface area contributed by atoms with E-state index in [9.17, 15) is 0 Å². The van der Waals surface area contributed by atoms with E-state index in [2.05, 4.69) is 18.9 Å². The Morgan fingerprint density at radius 2 is 1.86 bits per heavy atom. The molecular formula is C12H26N2. The van der Waals surface area contributed by atoms with E-state index in [1.165, 1.54) is 44.9 Å². The van der Waals surface area contributed by atoms with E-state index in [0.29, 0.717) is 6.04 Å². The van der Waals surface area contributed by atoms with Gasteiger partial charge in [0, 0.05) is 6.04 Å². The molecule has 0 saturated carbocycles. The molecule has 0 fully saturated rings. The summed E-state index contributed by atoms with van der Waals surface area (Å²) in [5.74, 6) is 5.42. The van der Waals surface area contributed by atoms with E-state index in [0.717, 1.165) is 6.42 Å². The zero-order valence-electron chi connectivity index (χ0n) is 9.60. The van der Waals surface area contributed by atoms with Crippen LogP contribution in [0.4, 0.5) is 0 Å². The lowest BCUT2D eigenvalue weighted by Gasteiger charge is -2.12. The number of rotatable bonds is 10. The van der Waals surface area contributed by atoms with Gasteiger partial charge in [0.1, 0.15) is 0 Å². The standard InChI is InChI=1S/C12H26N2/c1-3-5-6-7-8-9-11-12(14-13)10-4-2/h4,12,14H,2-3,5-11,13H2,1H3. The summed E-state index contributed by atoms with van der Waals surface area (Å²) < 4.78 is 0. The van der Waals surface area contributed by atoms with E-state index < -0.39 is 0 Å². The van der Waals surface area contributed by atoms with Gasteiger partial charge in [0.2, 0.25) is 0 Å². The largest absolute Gasteiger partial charge is 0.271 e. The van der Waals surface area contributed by atoms with Gasteiger partial charge in [-0.05, 0) is 12.8 Å². The van der Waals surface area contributed by atoms with Crippen molar-refractivity contribution in [2.45, 2.75) is 64.3 Å². The van der Waals surface area contributed by atoms with Gasteiger partial charge in [-0.2, -0.15) is 0 Å². The lowest BCUT2D eigenvalue weighted by atomic mass is 10.0. The Hall–Kier alpha value is -0.340. The van der Waals surface area contributed by atoms with Gasteiger partial charge >= 0.3 is 0 Å². The van der Waals surface area contributed by atoms with Gasteiger partial charge in [-0.25, -0.2) is 0 Å². The number of nitrogens with one attached hydrogen (secondary N) is 1. The van der Waals surface area contributed by atoms with Crippen LogP contribution in [0.2, 0.25) is 0 Å². The zero-order valence-corrected chi connectivity index (χ0v) is 9.60. The summed E-state index contributed by atoms with van der Waals surface area (Å²) in [6.45, 7) is 5.97. The highest BCUT2D eigenvalue weighted by atomic mass is 15.2. The number of hydrogen-bond acceptors (Lipinski definition) is 2. The average molecular weight is 198 g/mol. The lowest BCUT2D eigenvalue weighted by Crippen LogP contribution is -2.34. The number of hydrogen-bond donors (Lipinski definition) is 2. The second-order valence-corrected chi connectivity index (χ2v) is 3.94. The topological polar surface area (TPSA) is 38.0 Å². The maximum absolute atomic E-state index is 5.42. The Morgan fingerprint density at radius 1 is 1.21 bits per heavy atom. The van der Waals surface area contributed by atoms with Gasteiger partial charge in [0.15, 0.2) is 0 Å². The summed E-state index contributed by atoms with van der Waals surface area (Å²) in [6, 6.07) is 0.429. The molecule has 3 N–H and O–H groups in total. The maximum Gasteiger partial charge on any atom is 0.0244 e. The molecule has 14 heavy (non-hydrogen) atoms. The first kappa shape index (κ1) is 13.7. The fourth-order valence-corrected chi connectivity index (χ4v) is 1.64. The lowest BCUT2D eigenvalue weighted by molar-refractivity contribution is 0.465. The Labute approximate surface area is 88.9 Å². The Morgan fingerprint density at radius 3 is 2.43 bits per heavy atom. The molecule has 84 valence electrons. The first-order valence-corrected chi connectivity index (χ1v) is 5.92. The molecule has 0 aliphatic heterocycles. The van der Waals surface area contributed by atoms with Crippen LogP contribution < -0.4 is 11.3 Å². The van der Waals surface area contributed by atoms with Crippen LogP contribution in [0, 0.1) is 0 Å². The van der Waals surface area contributed by atoms with Crippen LogP contribution in [0.15, 0.2) is 12.7 Å². The van der Waals surface area contributed by atoms with E-state index in [-0.39, 0.29) is 0 Å². The Balaban J connectivity index is 3.19. The first-order valence-electron chi connectivity index (χ1n) is 5.92. The highest BCUT2D eigenvalue weighted by Crippen LogP contribution is 2.09. The molecule has 0 aromatic heterocycles. The summed E-state index contributed by atoms with van der Waals surface area (Å²) in [7, 11) is 0. The van der Waals surface area contributed by atoms with E-state index in [4.69, 9.17) is 5.84 Å². The summed E-state index contributed by atoms with van der Waals surface area (Å²) >= 11 is 0. The Bertz CT molecular complexity index is 123. The molecule has 0 amide bonds. The Kier molecular flexibility index (Phi) is 10.5. The summed E-state index contributed by atoms with van der Waals surface area (Å²) in [5, 5.41) is 0. The molecule has 0 spiro atoms. The average Bonchev–Trinajstić information content (AvgIpc) is 2.21. The molecule has 1 atom stereocenters. The van der Waals surface area contributed by atoms with Crippen LogP contribution in [0.1, 0.15) is 58.3 Å². The maximum atomic E-state index is 5.42. The number of unbranched alkanes of at least 4 members (excludes halogenated alkanes) is 5. The molecule has 0 aromatic carbocycles. The normalized spacial score (nSPS) is 12.7. The summed E-state index contributed by atoms with van der Waals surface area (Å²) in [4.78, 5) is 0. The van der Waals surface area contributed by atoms with Gasteiger partial charge in [0.25, 0.3) is 0 Å². The van der Waals surface area contributed by atoms with Crippen molar-refractivity contribution in [3.05, 3.63) is 12.7 Å². The molecule has 2 heteroatoms. The minimum atomic E-state index is 0.429. The molecule has 0 saturated heterocycles. The molecule has 0 bridgehead atoms. The van der Waals surface area contributed by atoms with Gasteiger partial charge in [-0.1, -0.05) is 51.5 Å². The molecule has 0 radical (unpaired) electrons. The van der Waals surface area contributed by atoms with Crippen molar-refractivity contribution in [3.63, 3.8) is 0 Å². The summed E-state index contributed by atoms with van der Waals surface area (Å²) in [5.41, 5.74) is 2.83. The molecule has 1 unspecified atom stereocenters. The van der Waals surface area contributed by atoms with Crippen LogP contribution in [0.3, 0.4) is 0 Å². The van der Waals surface area contributed by atoms with E-state index in [1.54, 1.807) is 0 Å². The van der Waals surface area contributed by atoms with Crippen LogP contribution >= 0.6 is 0 Å².